The Morgan fingerprint density at radius 1 is 0.190 bits per heavy atom. The number of nitrogens with zero attached hydrogens (tertiary/aromatic N) is 1. The lowest BCUT2D eigenvalue weighted by Gasteiger charge is -2.18. The van der Waals surface area contributed by atoms with E-state index in [0.717, 1.165) is 5.69 Å². The van der Waals surface area contributed by atoms with E-state index in [0.29, 0.717) is 0 Å². The molecule has 0 aliphatic carbocycles. The second-order valence-corrected chi connectivity index (χ2v) is 16.4. The molecule has 11 aromatic carbocycles. The van der Waals surface area contributed by atoms with Crippen molar-refractivity contribution in [3.8, 4) is 72.4 Å². The number of hydrogen-bond acceptors (Lipinski definition) is 0. The van der Waals surface area contributed by atoms with Crippen LogP contribution in [0, 0.1) is 0 Å². The van der Waals surface area contributed by atoms with Crippen LogP contribution >= 0.6 is 0 Å². The lowest BCUT2D eigenvalue weighted by Crippen LogP contribution is -1.95. The Kier molecular flexibility index (Phi) is 8.90. The van der Waals surface area contributed by atoms with Gasteiger partial charge in [0.05, 0.1) is 11.0 Å². The molecule has 1 nitrogen and oxygen atoms in total. The van der Waals surface area contributed by atoms with E-state index in [4.69, 9.17) is 0 Å². The van der Waals surface area contributed by atoms with Crippen LogP contribution in [0.3, 0.4) is 0 Å². The molecule has 1 heteroatoms. The van der Waals surface area contributed by atoms with Gasteiger partial charge in [0, 0.05) is 16.5 Å². The fourth-order valence-corrected chi connectivity index (χ4v) is 9.81. The Hall–Kier alpha value is -8.26. The lowest BCUT2D eigenvalue weighted by atomic mass is 9.86. The van der Waals surface area contributed by atoms with Crippen molar-refractivity contribution in [3.63, 3.8) is 0 Å². The summed E-state index contributed by atoms with van der Waals surface area (Å²) in [7, 11) is 0. The van der Waals surface area contributed by atoms with Gasteiger partial charge in [0.25, 0.3) is 0 Å². The minimum atomic E-state index is 1.13. The van der Waals surface area contributed by atoms with Crippen molar-refractivity contribution < 1.29 is 0 Å². The number of fused-ring (bicyclic) bond motifs is 5. The molecule has 0 N–H and O–H groups in total. The highest BCUT2D eigenvalue weighted by Gasteiger charge is 2.19. The first-order valence-corrected chi connectivity index (χ1v) is 21.7. The molecule has 1 aromatic heterocycles. The normalized spacial score (nSPS) is 11.5. The fourth-order valence-electron chi connectivity index (χ4n) is 9.81. The molecule has 0 radical (unpaired) electrons. The summed E-state index contributed by atoms with van der Waals surface area (Å²) >= 11 is 0. The van der Waals surface area contributed by atoms with Gasteiger partial charge in [-0.15, -0.1) is 0 Å². The molecule has 12 rings (SSSR count). The molecular formula is C62H41N. The first kappa shape index (κ1) is 36.6. The largest absolute Gasteiger partial charge is 0.309 e. The number of hydrogen-bond donors (Lipinski definition) is 0. The summed E-state index contributed by atoms with van der Waals surface area (Å²) in [5.74, 6) is 0. The highest BCUT2D eigenvalue weighted by molar-refractivity contribution is 6.21. The van der Waals surface area contributed by atoms with Gasteiger partial charge in [0.1, 0.15) is 0 Å². The quantitative estimate of drug-likeness (QED) is 0.142. The second-order valence-electron chi connectivity index (χ2n) is 16.4. The Morgan fingerprint density at radius 3 is 0.905 bits per heavy atom. The molecule has 12 aromatic rings. The summed E-state index contributed by atoms with van der Waals surface area (Å²) in [6, 6.07) is 90.9. The highest BCUT2D eigenvalue weighted by atomic mass is 15.0. The third kappa shape index (κ3) is 6.42. The summed E-state index contributed by atoms with van der Waals surface area (Å²) in [6.07, 6.45) is 0. The third-order valence-electron chi connectivity index (χ3n) is 12.8. The highest BCUT2D eigenvalue weighted by Crippen LogP contribution is 2.44. The van der Waals surface area contributed by atoms with Crippen molar-refractivity contribution in [2.75, 3.05) is 0 Å². The van der Waals surface area contributed by atoms with E-state index in [-0.39, 0.29) is 0 Å². The standard InChI is InChI=1S/C62H41N/c1-4-16-42(17-5-1)46-22-14-24-48(38-46)50-32-36-59-57(40-50)58-41-51(49-25-15-23-47(39-49)43-18-6-2-7-19-43)33-37-60(58)63(59)52-34-30-45(31-35-52)62-55-28-12-10-26-53(55)61(44-20-8-3-9-21-44)54-27-11-13-29-56(54)62/h1-41H. The summed E-state index contributed by atoms with van der Waals surface area (Å²) in [5, 5.41) is 7.50. The van der Waals surface area contributed by atoms with Gasteiger partial charge in [-0.3, -0.25) is 0 Å². The van der Waals surface area contributed by atoms with Crippen molar-refractivity contribution in [2.24, 2.45) is 0 Å². The van der Waals surface area contributed by atoms with Crippen LogP contribution in [0.4, 0.5) is 0 Å². The SMILES string of the molecule is c1ccc(-c2cccc(-c3ccc4c(c3)c3cc(-c5cccc(-c6ccccc6)c5)ccc3n4-c3ccc(-c4c5ccccc5c(-c5ccccc5)c5ccccc45)cc3)c2)cc1. The van der Waals surface area contributed by atoms with E-state index in [2.05, 4.69) is 253 Å². The van der Waals surface area contributed by atoms with Crippen LogP contribution in [0.5, 0.6) is 0 Å². The Bertz CT molecular complexity index is 3440. The van der Waals surface area contributed by atoms with E-state index in [9.17, 15) is 0 Å². The van der Waals surface area contributed by atoms with Crippen molar-refractivity contribution >= 4 is 43.4 Å². The second kappa shape index (κ2) is 15.3. The van der Waals surface area contributed by atoms with Crippen LogP contribution in [-0.4, -0.2) is 4.57 Å². The maximum atomic E-state index is 2.44. The fraction of sp³-hybridized carbons (Fsp3) is 0. The Morgan fingerprint density at radius 2 is 0.492 bits per heavy atom. The van der Waals surface area contributed by atoms with E-state index < -0.39 is 0 Å². The first-order valence-electron chi connectivity index (χ1n) is 21.7. The number of rotatable bonds is 7. The van der Waals surface area contributed by atoms with E-state index in [1.54, 1.807) is 0 Å². The zero-order chi connectivity index (χ0) is 41.7. The minimum Gasteiger partial charge on any atom is -0.309 e. The van der Waals surface area contributed by atoms with Crippen LogP contribution in [0.1, 0.15) is 0 Å². The monoisotopic (exact) mass is 799 g/mol. The molecular weight excluding hydrogens is 759 g/mol. The van der Waals surface area contributed by atoms with E-state index >= 15 is 0 Å². The topological polar surface area (TPSA) is 4.93 Å². The molecule has 0 unspecified atom stereocenters. The first-order chi connectivity index (χ1) is 31.2. The molecule has 294 valence electrons. The van der Waals surface area contributed by atoms with E-state index in [1.807, 2.05) is 0 Å². The Labute approximate surface area is 367 Å². The third-order valence-corrected chi connectivity index (χ3v) is 12.8. The maximum absolute atomic E-state index is 2.44. The van der Waals surface area contributed by atoms with Crippen LogP contribution in [0.15, 0.2) is 249 Å². The van der Waals surface area contributed by atoms with Gasteiger partial charge < -0.3 is 4.57 Å². The van der Waals surface area contributed by atoms with Gasteiger partial charge in [0.2, 0.25) is 0 Å². The summed E-state index contributed by atoms with van der Waals surface area (Å²) in [6.45, 7) is 0. The van der Waals surface area contributed by atoms with Crippen molar-refractivity contribution in [1.82, 2.24) is 4.57 Å². The van der Waals surface area contributed by atoms with Gasteiger partial charge in [-0.2, -0.15) is 0 Å². The van der Waals surface area contributed by atoms with Gasteiger partial charge in [-0.05, 0) is 137 Å². The predicted octanol–water partition coefficient (Wildman–Crippen LogP) is 17.1. The zero-order valence-corrected chi connectivity index (χ0v) is 34.6. The molecule has 0 bridgehead atoms. The molecule has 0 fully saturated rings. The van der Waals surface area contributed by atoms with Crippen LogP contribution in [0.25, 0.3) is 116 Å². The smallest absolute Gasteiger partial charge is 0.0541 e. The molecule has 63 heavy (non-hydrogen) atoms. The van der Waals surface area contributed by atoms with Gasteiger partial charge in [-0.1, -0.05) is 200 Å². The number of aromatic nitrogens is 1. The molecule has 0 saturated carbocycles. The minimum absolute atomic E-state index is 1.13. The molecule has 0 aliphatic heterocycles. The van der Waals surface area contributed by atoms with Crippen LogP contribution in [0.2, 0.25) is 0 Å². The average Bonchev–Trinajstić information content (AvgIpc) is 3.69. The van der Waals surface area contributed by atoms with Crippen LogP contribution < -0.4 is 0 Å². The predicted molar refractivity (Wildman–Crippen MR) is 268 cm³/mol. The molecule has 0 aliphatic rings. The maximum Gasteiger partial charge on any atom is 0.0541 e. The van der Waals surface area contributed by atoms with Crippen molar-refractivity contribution in [2.45, 2.75) is 0 Å². The van der Waals surface area contributed by atoms with Crippen LogP contribution in [-0.2, 0) is 0 Å². The molecule has 0 spiro atoms. The van der Waals surface area contributed by atoms with Gasteiger partial charge in [0.15, 0.2) is 0 Å². The summed E-state index contributed by atoms with van der Waals surface area (Å²) < 4.78 is 2.44. The zero-order valence-electron chi connectivity index (χ0n) is 34.6. The summed E-state index contributed by atoms with van der Waals surface area (Å²) in [4.78, 5) is 0. The molecule has 1 heterocycles. The lowest BCUT2D eigenvalue weighted by molar-refractivity contribution is 1.18. The van der Waals surface area contributed by atoms with E-state index in [1.165, 1.54) is 110 Å². The average molecular weight is 800 g/mol. The van der Waals surface area contributed by atoms with Gasteiger partial charge in [-0.25, -0.2) is 0 Å². The van der Waals surface area contributed by atoms with Crippen molar-refractivity contribution in [1.29, 1.82) is 0 Å². The summed E-state index contributed by atoms with van der Waals surface area (Å²) in [5.41, 5.74) is 18.1. The number of benzene rings is 11. The molecule has 0 amide bonds. The Balaban J connectivity index is 1.03. The van der Waals surface area contributed by atoms with Crippen molar-refractivity contribution in [3.05, 3.63) is 249 Å². The molecule has 0 atom stereocenters. The molecule has 0 saturated heterocycles. The van der Waals surface area contributed by atoms with Gasteiger partial charge >= 0.3 is 0 Å².